The molecule has 63 unspecified atom stereocenters. The maximum Gasteiger partial charge on any atom is 0.312 e. The average molecular weight is 2000 g/mol. The summed E-state index contributed by atoms with van der Waals surface area (Å²) >= 11 is 0. The van der Waals surface area contributed by atoms with Crippen LogP contribution in [0.5, 0.6) is 0 Å². The van der Waals surface area contributed by atoms with Crippen molar-refractivity contribution in [2.24, 2.45) is 369 Å². The molecule has 798 valence electrons. The molecule has 0 N–H and O–H groups in total. The summed E-state index contributed by atoms with van der Waals surface area (Å²) in [5, 5.41) is 0. The maximum absolute atomic E-state index is 12.2. The van der Waals surface area contributed by atoms with Crippen molar-refractivity contribution in [1.82, 2.24) is 0 Å². The third-order valence-electron chi connectivity index (χ3n) is 58.8. The fourth-order valence-electron chi connectivity index (χ4n) is 54.9. The van der Waals surface area contributed by atoms with Gasteiger partial charge in [0.2, 0.25) is 0 Å². The Bertz CT molecular complexity index is 5350. The predicted octanol–water partition coefficient (Wildman–Crippen LogP) is 22.3. The van der Waals surface area contributed by atoms with Crippen LogP contribution in [-0.4, -0.2) is 113 Å². The molecule has 63 atom stereocenters. The van der Waals surface area contributed by atoms with Gasteiger partial charge in [0.15, 0.2) is 0 Å². The van der Waals surface area contributed by atoms with Gasteiger partial charge in [-0.05, 0) is 520 Å². The molecule has 39 aliphatic rings. The van der Waals surface area contributed by atoms with E-state index in [1.165, 1.54) is 186 Å². The van der Waals surface area contributed by atoms with Crippen molar-refractivity contribution in [3.8, 4) is 0 Å². The molecule has 30 bridgehead atoms. The molecule has 0 amide bonds. The van der Waals surface area contributed by atoms with Gasteiger partial charge >= 0.3 is 53.7 Å². The quantitative estimate of drug-likeness (QED) is 0.124. The zero-order valence-electron chi connectivity index (χ0n) is 90.2. The lowest BCUT2D eigenvalue weighted by Crippen LogP contribution is -2.43. The lowest BCUT2D eigenvalue weighted by molar-refractivity contribution is -0.152. The molecule has 18 nitrogen and oxygen atoms in total. The molecule has 0 aromatic heterocycles. The van der Waals surface area contributed by atoms with Crippen molar-refractivity contribution < 1.29 is 85.8 Å². The van der Waals surface area contributed by atoms with E-state index < -0.39 is 0 Å². The second-order valence-electron chi connectivity index (χ2n) is 62.8. The molecule has 30 aliphatic carbocycles. The van der Waals surface area contributed by atoms with Gasteiger partial charge in [0, 0.05) is 33.5 Å². The molecule has 0 radical (unpaired) electrons. The summed E-state index contributed by atoms with van der Waals surface area (Å²) in [6, 6.07) is 0. The van der Waals surface area contributed by atoms with Crippen LogP contribution < -0.4 is 0 Å². The zero-order valence-corrected chi connectivity index (χ0v) is 90.2. The van der Waals surface area contributed by atoms with Crippen molar-refractivity contribution in [1.29, 1.82) is 0 Å². The van der Waals surface area contributed by atoms with E-state index in [1.54, 1.807) is 0 Å². The van der Waals surface area contributed by atoms with Gasteiger partial charge in [-0.2, -0.15) is 0 Å². The number of ether oxygens (including phenoxy) is 9. The van der Waals surface area contributed by atoms with Gasteiger partial charge in [-0.15, -0.1) is 0 Å². The fourth-order valence-corrected chi connectivity index (χ4v) is 54.9. The average Bonchev–Trinajstić information content (AvgIpc) is 1.53. The molecular weight excluding hydrogens is 1830 g/mol. The number of carbonyl (C=O) groups excluding carboxylic acids is 9. The van der Waals surface area contributed by atoms with Gasteiger partial charge in [-0.3, -0.25) is 43.2 Å². The summed E-state index contributed by atoms with van der Waals surface area (Å²) < 4.78 is 47.6. The van der Waals surface area contributed by atoms with Crippen LogP contribution in [0.3, 0.4) is 0 Å². The van der Waals surface area contributed by atoms with Crippen LogP contribution in [0.1, 0.15) is 307 Å². The van der Waals surface area contributed by atoms with Gasteiger partial charge in [0.25, 0.3) is 0 Å². The van der Waals surface area contributed by atoms with Crippen molar-refractivity contribution >= 4 is 53.7 Å². The van der Waals surface area contributed by atoms with E-state index in [9.17, 15) is 43.2 Å². The lowest BCUT2D eigenvalue weighted by atomic mass is 9.59. The Hall–Kier alpha value is -4.77. The maximum atomic E-state index is 12.2. The monoisotopic (exact) mass is 2000 g/mol. The van der Waals surface area contributed by atoms with E-state index in [4.69, 9.17) is 42.6 Å². The first-order valence-corrected chi connectivity index (χ1v) is 62.8. The second kappa shape index (κ2) is 32.9. The van der Waals surface area contributed by atoms with E-state index in [-0.39, 0.29) is 91.6 Å². The highest BCUT2D eigenvalue weighted by Gasteiger charge is 2.79. The van der Waals surface area contributed by atoms with Gasteiger partial charge in [-0.1, -0.05) is 69.2 Å². The summed E-state index contributed by atoms with van der Waals surface area (Å²) in [6.07, 6.45) is 47.3. The Kier molecular flexibility index (Phi) is 21.4. The number of fused-ring (bicyclic) bond motifs is 73. The van der Waals surface area contributed by atoms with Crippen LogP contribution >= 0.6 is 0 Å². The highest BCUT2D eigenvalue weighted by atomic mass is 16.6. The predicted molar refractivity (Wildman–Crippen MR) is 539 cm³/mol. The normalized spacial score (nSPS) is 61.7. The minimum Gasteiger partial charge on any atom is -0.465 e. The molecular formula is C128H178O18. The lowest BCUT2D eigenvalue weighted by Gasteiger charge is -2.44. The highest BCUT2D eigenvalue weighted by Crippen LogP contribution is 2.82. The number of carbonyl (C=O) groups is 9. The molecule has 0 aromatic carbocycles. The Labute approximate surface area is 869 Å². The Morgan fingerprint density at radius 2 is 0.555 bits per heavy atom. The SMILES string of the molecule is CC1C2CC(C1C)C1(CCOC1=O)C2.CC1CC2CC1C1(COC(=O)C1)C2.CC1CC2CC1C1C2C2CC1C1(CCOC1=O)C2.CC1CC2CC1C1C2C2CC1C1(COC(=O)C1)C2.CC1CC2CC1C1C3CC(C21)C1(CCOC1=O)C3.CC1CC2CC1C1C3CC(C21)C1(COC(=O)C1)C3.CC1CC2CC1C1C3CC(C4C(=O)OCC34)C21.CC1CC2CC1C1C3CC(C4COC(=O)C43)C21.CC1CC2CC1CC21COC(=O)C1. The highest BCUT2D eigenvalue weighted by molar-refractivity contribution is 5.82. The Balaban J connectivity index is 0.0000000748. The molecule has 146 heavy (non-hydrogen) atoms. The minimum absolute atomic E-state index is 0.0143. The summed E-state index contributed by atoms with van der Waals surface area (Å²) in [5.41, 5.74) is 1.06. The topological polar surface area (TPSA) is 237 Å². The summed E-state index contributed by atoms with van der Waals surface area (Å²) in [7, 11) is 0. The second-order valence-corrected chi connectivity index (χ2v) is 62.8. The number of rotatable bonds is 0. The standard InChI is InChI=1S/4C16H22O2.2C15H20O2.C12H18O2.2C11H16O2/c1-8-2-9-3-11(8)14-10-4-12(15(9)14)16(5-10)6-13(17)18-7-16;1-8-2-9-3-11(8)15-12-4-10(14(9)15)5-16(12)6-13(17)18-7-16;1-8-4-9-5-11(8)13-10-6-12(14(9)13)16(7-10)2-3-18-15(16)17;1-8-4-9-5-11(8)14-12-6-10(13(9)14)7-16(12)2-3-18-15(16)17;1-6-2-7-3-8(6)13-9-4-10(12(7)13)14-11(9)5-17-15(14)16;1-6-2-7-3-8(6)13-10-4-9(12(7)13)11-5-17-15(16)14(10)11;1-7-8(2)10-5-9(7)6-12(10)3-4-14-11(12)13;1-7-2-9-3-8(7)4-11(9)5-10(12)13-6-11;1-7-2-8-3-9(7)11(4-8)5-10(12)13-6-11/h2*8-12,14-15H,2-7H2,1H3;2*8-14H,2-7H2,1H3;2*6-14H,2-5H2,1H3;7-10H,3-6H2,1-2H3;2*7-9H,2-6H2,1H3. The van der Waals surface area contributed by atoms with E-state index in [1.807, 2.05) is 0 Å². The third-order valence-corrected chi connectivity index (χ3v) is 58.8. The molecule has 7 spiro atoms. The molecule has 9 aliphatic heterocycles. The summed E-state index contributed by atoms with van der Waals surface area (Å²) in [6.45, 7) is 30.6. The molecule has 30 saturated carbocycles. The number of esters is 9. The molecule has 18 heteroatoms. The number of cyclic esters (lactones) is 9. The molecule has 9 heterocycles. The van der Waals surface area contributed by atoms with Crippen LogP contribution in [0.15, 0.2) is 0 Å². The number of hydrogen-bond donors (Lipinski definition) is 0. The smallest absolute Gasteiger partial charge is 0.312 e. The molecule has 39 fully saturated rings. The molecule has 9 saturated heterocycles. The first-order valence-electron chi connectivity index (χ1n) is 62.8. The minimum atomic E-state index is -0.0450. The summed E-state index contributed by atoms with van der Waals surface area (Å²) in [5.74, 6) is 49.8. The largest absolute Gasteiger partial charge is 0.465 e. The van der Waals surface area contributed by atoms with Crippen molar-refractivity contribution in [2.45, 2.75) is 307 Å². The van der Waals surface area contributed by atoms with Crippen LogP contribution in [-0.2, 0) is 85.8 Å². The van der Waals surface area contributed by atoms with Crippen molar-refractivity contribution in [2.75, 3.05) is 59.5 Å². The fraction of sp³-hybridized carbons (Fsp3) is 0.930. The van der Waals surface area contributed by atoms with E-state index in [0.717, 1.165) is 356 Å². The molecule has 0 aromatic rings. The van der Waals surface area contributed by atoms with Gasteiger partial charge in [0.05, 0.1) is 113 Å². The first-order chi connectivity index (χ1) is 70.3. The molecule has 39 rings (SSSR count). The van der Waals surface area contributed by atoms with Gasteiger partial charge < -0.3 is 42.6 Å². The first kappa shape index (κ1) is 94.7. The summed E-state index contributed by atoms with van der Waals surface area (Å²) in [4.78, 5) is 106. The van der Waals surface area contributed by atoms with Gasteiger partial charge in [-0.25, -0.2) is 0 Å². The number of hydrogen-bond acceptors (Lipinski definition) is 18. The van der Waals surface area contributed by atoms with Crippen molar-refractivity contribution in [3.05, 3.63) is 0 Å². The third kappa shape index (κ3) is 13.0. The van der Waals surface area contributed by atoms with Crippen LogP contribution in [0.2, 0.25) is 0 Å². The van der Waals surface area contributed by atoms with Gasteiger partial charge in [0.1, 0.15) is 0 Å². The van der Waals surface area contributed by atoms with Crippen molar-refractivity contribution in [3.63, 3.8) is 0 Å². The van der Waals surface area contributed by atoms with Crippen LogP contribution in [0.4, 0.5) is 0 Å². The van der Waals surface area contributed by atoms with E-state index >= 15 is 0 Å². The van der Waals surface area contributed by atoms with Crippen LogP contribution in [0.25, 0.3) is 0 Å². The Morgan fingerprint density at radius 1 is 0.212 bits per heavy atom. The van der Waals surface area contributed by atoms with E-state index in [2.05, 4.69) is 69.2 Å². The van der Waals surface area contributed by atoms with Crippen LogP contribution in [0, 0.1) is 369 Å². The Morgan fingerprint density at radius 3 is 0.979 bits per heavy atom. The zero-order chi connectivity index (χ0) is 98.9. The van der Waals surface area contributed by atoms with E-state index in [0.29, 0.717) is 85.9 Å².